The fourth-order valence-corrected chi connectivity index (χ4v) is 2.35. The van der Waals surface area contributed by atoms with E-state index in [0.29, 0.717) is 5.69 Å². The molecule has 1 N–H and O–H groups in total. The van der Waals surface area contributed by atoms with Gasteiger partial charge in [-0.25, -0.2) is 0 Å². The summed E-state index contributed by atoms with van der Waals surface area (Å²) in [5, 5.41) is 16.0. The first-order valence-electron chi connectivity index (χ1n) is 6.33. The summed E-state index contributed by atoms with van der Waals surface area (Å²) in [4.78, 5) is 0. The van der Waals surface area contributed by atoms with Gasteiger partial charge in [0.2, 0.25) is 0 Å². The zero-order chi connectivity index (χ0) is 13.4. The van der Waals surface area contributed by atoms with Gasteiger partial charge in [0.05, 0.1) is 5.52 Å². The molecule has 0 spiro atoms. The summed E-state index contributed by atoms with van der Waals surface area (Å²) in [6.45, 7) is 2.03. The maximum Gasteiger partial charge on any atom is 0.123 e. The summed E-state index contributed by atoms with van der Waals surface area (Å²) >= 11 is 0. The first-order valence-corrected chi connectivity index (χ1v) is 6.33. The lowest BCUT2D eigenvalue weighted by molar-refractivity contribution is 0.216. The van der Waals surface area contributed by atoms with Crippen LogP contribution in [0.4, 0.5) is 0 Å². The Morgan fingerprint density at radius 3 is 2.47 bits per heavy atom. The van der Waals surface area contributed by atoms with E-state index in [1.807, 2.05) is 67.2 Å². The number of aryl methyl sites for hydroxylation is 2. The second-order valence-electron chi connectivity index (χ2n) is 4.84. The highest BCUT2D eigenvalue weighted by molar-refractivity contribution is 5.82. The molecule has 0 amide bonds. The van der Waals surface area contributed by atoms with Crippen LogP contribution >= 0.6 is 0 Å². The lowest BCUT2D eigenvalue weighted by Gasteiger charge is -2.09. The molecule has 0 saturated carbocycles. The van der Waals surface area contributed by atoms with E-state index in [-0.39, 0.29) is 0 Å². The number of aromatic nitrogens is 2. The van der Waals surface area contributed by atoms with Crippen molar-refractivity contribution >= 4 is 10.9 Å². The van der Waals surface area contributed by atoms with Gasteiger partial charge in [-0.15, -0.1) is 0 Å². The van der Waals surface area contributed by atoms with E-state index in [1.165, 1.54) is 5.56 Å². The van der Waals surface area contributed by atoms with E-state index >= 15 is 0 Å². The maximum atomic E-state index is 10.5. The normalized spacial score (nSPS) is 12.8. The molecule has 0 bridgehead atoms. The summed E-state index contributed by atoms with van der Waals surface area (Å²) < 4.78 is 1.81. The van der Waals surface area contributed by atoms with E-state index in [2.05, 4.69) is 5.10 Å². The second kappa shape index (κ2) is 4.52. The fraction of sp³-hybridized carbons (Fsp3) is 0.188. The summed E-state index contributed by atoms with van der Waals surface area (Å²) in [6, 6.07) is 15.9. The van der Waals surface area contributed by atoms with Gasteiger partial charge in [0.25, 0.3) is 0 Å². The number of hydrogen-bond donors (Lipinski definition) is 1. The number of para-hydroxylation sites is 1. The third kappa shape index (κ3) is 2.02. The SMILES string of the molecule is Cc1ccc(C(O)c2nn(C)c3ccccc23)cc1. The van der Waals surface area contributed by atoms with Crippen molar-refractivity contribution in [1.82, 2.24) is 9.78 Å². The van der Waals surface area contributed by atoms with Crippen molar-refractivity contribution in [3.05, 3.63) is 65.4 Å². The Kier molecular flexibility index (Phi) is 2.84. The molecule has 3 heteroatoms. The monoisotopic (exact) mass is 252 g/mol. The van der Waals surface area contributed by atoms with Gasteiger partial charge < -0.3 is 5.11 Å². The summed E-state index contributed by atoms with van der Waals surface area (Å²) in [5.74, 6) is 0. The Morgan fingerprint density at radius 2 is 1.74 bits per heavy atom. The molecule has 2 aromatic carbocycles. The van der Waals surface area contributed by atoms with Crippen LogP contribution in [0.25, 0.3) is 10.9 Å². The van der Waals surface area contributed by atoms with Gasteiger partial charge in [-0.1, -0.05) is 48.0 Å². The summed E-state index contributed by atoms with van der Waals surface area (Å²) in [5.41, 5.74) is 3.79. The minimum absolute atomic E-state index is 0.688. The van der Waals surface area contributed by atoms with E-state index < -0.39 is 6.10 Å². The van der Waals surface area contributed by atoms with E-state index in [1.54, 1.807) is 0 Å². The Labute approximate surface area is 112 Å². The smallest absolute Gasteiger partial charge is 0.123 e. The molecule has 0 aliphatic carbocycles. The van der Waals surface area contributed by atoms with Gasteiger partial charge >= 0.3 is 0 Å². The number of aliphatic hydroxyl groups is 1. The molecule has 3 nitrogen and oxygen atoms in total. The van der Waals surface area contributed by atoms with Crippen molar-refractivity contribution in [1.29, 1.82) is 0 Å². The summed E-state index contributed by atoms with van der Waals surface area (Å²) in [6.07, 6.45) is -0.688. The van der Waals surface area contributed by atoms with Crippen LogP contribution < -0.4 is 0 Å². The highest BCUT2D eigenvalue weighted by Gasteiger charge is 2.17. The van der Waals surface area contributed by atoms with Gasteiger partial charge in [0, 0.05) is 12.4 Å². The van der Waals surface area contributed by atoms with Crippen LogP contribution in [0, 0.1) is 6.92 Å². The predicted octanol–water partition coefficient (Wildman–Crippen LogP) is 2.96. The number of rotatable bonds is 2. The molecule has 0 radical (unpaired) electrons. The van der Waals surface area contributed by atoms with Crippen molar-refractivity contribution in [3.63, 3.8) is 0 Å². The average molecular weight is 252 g/mol. The van der Waals surface area contributed by atoms with Crippen LogP contribution in [-0.4, -0.2) is 14.9 Å². The molecule has 3 aromatic rings. The van der Waals surface area contributed by atoms with Crippen LogP contribution in [0.15, 0.2) is 48.5 Å². The molecule has 0 saturated heterocycles. The highest BCUT2D eigenvalue weighted by atomic mass is 16.3. The minimum Gasteiger partial charge on any atom is -0.382 e. The van der Waals surface area contributed by atoms with Crippen molar-refractivity contribution in [3.8, 4) is 0 Å². The Bertz CT molecular complexity index is 713. The third-order valence-corrected chi connectivity index (χ3v) is 3.44. The molecule has 1 atom stereocenters. The van der Waals surface area contributed by atoms with Gasteiger partial charge in [-0.05, 0) is 18.6 Å². The van der Waals surface area contributed by atoms with E-state index in [9.17, 15) is 5.11 Å². The first-order chi connectivity index (χ1) is 9.16. The molecule has 1 unspecified atom stereocenters. The molecule has 1 heterocycles. The highest BCUT2D eigenvalue weighted by Crippen LogP contribution is 2.27. The second-order valence-corrected chi connectivity index (χ2v) is 4.84. The maximum absolute atomic E-state index is 10.5. The van der Waals surface area contributed by atoms with Crippen molar-refractivity contribution in [2.75, 3.05) is 0 Å². The average Bonchev–Trinajstić information content (AvgIpc) is 2.77. The number of aliphatic hydroxyl groups excluding tert-OH is 1. The van der Waals surface area contributed by atoms with Crippen LogP contribution in [0.2, 0.25) is 0 Å². The van der Waals surface area contributed by atoms with Crippen LogP contribution in [0.3, 0.4) is 0 Å². The van der Waals surface area contributed by atoms with Gasteiger partial charge in [0.1, 0.15) is 11.8 Å². The lowest BCUT2D eigenvalue weighted by atomic mass is 10.0. The molecule has 0 aliphatic rings. The molecule has 0 fully saturated rings. The number of nitrogens with zero attached hydrogens (tertiary/aromatic N) is 2. The molecule has 1 aromatic heterocycles. The van der Waals surface area contributed by atoms with Crippen LogP contribution in [-0.2, 0) is 7.05 Å². The van der Waals surface area contributed by atoms with Gasteiger partial charge in [-0.2, -0.15) is 5.10 Å². The Morgan fingerprint density at radius 1 is 1.05 bits per heavy atom. The quantitative estimate of drug-likeness (QED) is 0.761. The number of benzene rings is 2. The minimum atomic E-state index is -0.688. The van der Waals surface area contributed by atoms with E-state index in [4.69, 9.17) is 0 Å². The number of hydrogen-bond acceptors (Lipinski definition) is 2. The molecule has 19 heavy (non-hydrogen) atoms. The number of fused-ring (bicyclic) bond motifs is 1. The molecular formula is C16H16N2O. The fourth-order valence-electron chi connectivity index (χ4n) is 2.35. The van der Waals surface area contributed by atoms with Crippen molar-refractivity contribution in [2.24, 2.45) is 7.05 Å². The molecule has 3 rings (SSSR count). The topological polar surface area (TPSA) is 38.1 Å². The molecule has 0 aliphatic heterocycles. The largest absolute Gasteiger partial charge is 0.382 e. The van der Waals surface area contributed by atoms with Gasteiger partial charge in [0.15, 0.2) is 0 Å². The zero-order valence-corrected chi connectivity index (χ0v) is 11.0. The Hall–Kier alpha value is -2.13. The Balaban J connectivity index is 2.11. The third-order valence-electron chi connectivity index (χ3n) is 3.44. The van der Waals surface area contributed by atoms with Crippen LogP contribution in [0.5, 0.6) is 0 Å². The van der Waals surface area contributed by atoms with E-state index in [0.717, 1.165) is 16.5 Å². The van der Waals surface area contributed by atoms with Crippen molar-refractivity contribution < 1.29 is 5.11 Å². The lowest BCUT2D eigenvalue weighted by Crippen LogP contribution is -2.02. The molecule has 96 valence electrons. The standard InChI is InChI=1S/C16H16N2O/c1-11-7-9-12(10-8-11)16(19)15-13-5-3-4-6-14(13)18(2)17-15/h3-10,16,19H,1-2H3. The molecular weight excluding hydrogens is 236 g/mol. The summed E-state index contributed by atoms with van der Waals surface area (Å²) in [7, 11) is 1.90. The van der Waals surface area contributed by atoms with Gasteiger partial charge in [-0.3, -0.25) is 4.68 Å². The first kappa shape index (κ1) is 11.9. The predicted molar refractivity (Wildman–Crippen MR) is 76.0 cm³/mol. The van der Waals surface area contributed by atoms with Crippen molar-refractivity contribution in [2.45, 2.75) is 13.0 Å². The zero-order valence-electron chi connectivity index (χ0n) is 11.0. The van der Waals surface area contributed by atoms with Crippen LogP contribution in [0.1, 0.15) is 22.9 Å².